The van der Waals surface area contributed by atoms with Gasteiger partial charge in [-0.3, -0.25) is 4.79 Å². The molecule has 0 saturated heterocycles. The molecule has 0 aromatic rings. The molecule has 1 amide bonds. The van der Waals surface area contributed by atoms with Gasteiger partial charge in [0.2, 0.25) is 15.9 Å². The highest BCUT2D eigenvalue weighted by molar-refractivity contribution is 7.88. The van der Waals surface area contributed by atoms with Gasteiger partial charge in [0.15, 0.2) is 0 Å². The Labute approximate surface area is 110 Å². The molecule has 0 bridgehead atoms. The Balaban J connectivity index is 4.44. The molecule has 0 atom stereocenters. The van der Waals surface area contributed by atoms with Gasteiger partial charge >= 0.3 is 0 Å². The van der Waals surface area contributed by atoms with E-state index in [0.717, 1.165) is 23.4 Å². The summed E-state index contributed by atoms with van der Waals surface area (Å²) in [6.07, 6.45) is 3.01. The molecule has 0 radical (unpaired) electrons. The summed E-state index contributed by atoms with van der Waals surface area (Å²) in [6, 6.07) is 0. The fraction of sp³-hybridized carbons (Fsp3) is 0.909. The Morgan fingerprint density at radius 1 is 1.28 bits per heavy atom. The van der Waals surface area contributed by atoms with E-state index < -0.39 is 10.0 Å². The molecule has 6 nitrogen and oxygen atoms in total. The molecule has 0 spiro atoms. The summed E-state index contributed by atoms with van der Waals surface area (Å²) in [5.74, 6) is -0.190. The molecular formula is C11H24N2O4S. The van der Waals surface area contributed by atoms with Crippen LogP contribution < -0.4 is 0 Å². The summed E-state index contributed by atoms with van der Waals surface area (Å²) in [7, 11) is -0.195. The molecule has 0 N–H and O–H groups in total. The van der Waals surface area contributed by atoms with Crippen LogP contribution in [0, 0.1) is 0 Å². The first-order valence-electron chi connectivity index (χ1n) is 6.01. The van der Waals surface area contributed by atoms with E-state index in [0.29, 0.717) is 6.54 Å². The number of sulfonamides is 1. The zero-order valence-electron chi connectivity index (χ0n) is 11.7. The van der Waals surface area contributed by atoms with Gasteiger partial charge in [-0.15, -0.1) is 0 Å². The molecule has 108 valence electrons. The molecule has 0 aromatic carbocycles. The van der Waals surface area contributed by atoms with E-state index in [-0.39, 0.29) is 25.6 Å². The fourth-order valence-corrected chi connectivity index (χ4v) is 2.10. The third-order valence-electron chi connectivity index (χ3n) is 2.60. The second kappa shape index (κ2) is 8.44. The zero-order chi connectivity index (χ0) is 14.2. The second-order valence-corrected chi connectivity index (χ2v) is 6.24. The summed E-state index contributed by atoms with van der Waals surface area (Å²) in [6.45, 7) is 3.04. The van der Waals surface area contributed by atoms with Crippen molar-refractivity contribution in [1.29, 1.82) is 0 Å². The Morgan fingerprint density at radius 3 is 2.33 bits per heavy atom. The van der Waals surface area contributed by atoms with Crippen LogP contribution in [0.1, 0.15) is 19.8 Å². The summed E-state index contributed by atoms with van der Waals surface area (Å²) in [4.78, 5) is 13.4. The predicted molar refractivity (Wildman–Crippen MR) is 70.8 cm³/mol. The van der Waals surface area contributed by atoms with Crippen molar-refractivity contribution >= 4 is 15.9 Å². The average Bonchev–Trinajstić information content (AvgIpc) is 2.29. The van der Waals surface area contributed by atoms with E-state index >= 15 is 0 Å². The molecule has 0 aromatic heterocycles. The maximum absolute atomic E-state index is 11.8. The number of hydrogen-bond donors (Lipinski definition) is 0. The lowest BCUT2D eigenvalue weighted by molar-refractivity contribution is -0.130. The molecule has 0 aliphatic carbocycles. The minimum Gasteiger partial charge on any atom is -0.383 e. The van der Waals surface area contributed by atoms with Crippen LogP contribution in [0.25, 0.3) is 0 Å². The smallest absolute Gasteiger partial charge is 0.237 e. The first kappa shape index (κ1) is 17.3. The highest BCUT2D eigenvalue weighted by Crippen LogP contribution is 2.00. The molecule has 0 aliphatic heterocycles. The number of carbonyl (C=O) groups is 1. The van der Waals surface area contributed by atoms with Crippen molar-refractivity contribution in [1.82, 2.24) is 9.21 Å². The van der Waals surface area contributed by atoms with Crippen LogP contribution >= 0.6 is 0 Å². The number of carbonyl (C=O) groups excluding carboxylic acids is 1. The monoisotopic (exact) mass is 280 g/mol. The summed E-state index contributed by atoms with van der Waals surface area (Å²) >= 11 is 0. The van der Waals surface area contributed by atoms with Gasteiger partial charge in [-0.05, 0) is 6.42 Å². The van der Waals surface area contributed by atoms with Gasteiger partial charge in [0.05, 0.1) is 19.4 Å². The van der Waals surface area contributed by atoms with Crippen molar-refractivity contribution in [2.75, 3.05) is 46.7 Å². The molecule has 0 aliphatic rings. The van der Waals surface area contributed by atoms with E-state index in [1.54, 1.807) is 11.9 Å². The average molecular weight is 280 g/mol. The quantitative estimate of drug-likeness (QED) is 0.603. The van der Waals surface area contributed by atoms with Crippen molar-refractivity contribution in [2.24, 2.45) is 0 Å². The first-order valence-corrected chi connectivity index (χ1v) is 7.85. The maximum atomic E-state index is 11.8. The zero-order valence-corrected chi connectivity index (χ0v) is 12.5. The molecule has 18 heavy (non-hydrogen) atoms. The summed E-state index contributed by atoms with van der Waals surface area (Å²) in [5.41, 5.74) is 0. The Bertz CT molecular complexity index is 343. The molecular weight excluding hydrogens is 256 g/mol. The SMILES string of the molecule is CCCCN(C)C(=O)CN(CCOC)S(C)(=O)=O. The van der Waals surface area contributed by atoms with Gasteiger partial charge in [0.25, 0.3) is 0 Å². The van der Waals surface area contributed by atoms with Crippen LogP contribution in [-0.4, -0.2) is 70.2 Å². The molecule has 0 rings (SSSR count). The van der Waals surface area contributed by atoms with Crippen molar-refractivity contribution < 1.29 is 17.9 Å². The predicted octanol–water partition coefficient (Wildman–Crippen LogP) is 0.153. The van der Waals surface area contributed by atoms with Crippen LogP contribution in [0.5, 0.6) is 0 Å². The van der Waals surface area contributed by atoms with E-state index in [1.807, 2.05) is 6.92 Å². The largest absolute Gasteiger partial charge is 0.383 e. The maximum Gasteiger partial charge on any atom is 0.237 e. The van der Waals surface area contributed by atoms with Crippen molar-refractivity contribution in [2.45, 2.75) is 19.8 Å². The fourth-order valence-electron chi connectivity index (χ4n) is 1.35. The number of methoxy groups -OCH3 is 1. The number of hydrogen-bond acceptors (Lipinski definition) is 4. The van der Waals surface area contributed by atoms with Crippen LogP contribution in [0.15, 0.2) is 0 Å². The van der Waals surface area contributed by atoms with Gasteiger partial charge in [-0.25, -0.2) is 8.42 Å². The number of nitrogens with zero attached hydrogens (tertiary/aromatic N) is 2. The van der Waals surface area contributed by atoms with Crippen molar-refractivity contribution in [3.8, 4) is 0 Å². The highest BCUT2D eigenvalue weighted by atomic mass is 32.2. The number of rotatable bonds is 9. The molecule has 7 heteroatoms. The Morgan fingerprint density at radius 2 is 1.89 bits per heavy atom. The van der Waals surface area contributed by atoms with Gasteiger partial charge in [-0.2, -0.15) is 4.31 Å². The molecule has 0 heterocycles. The Kier molecular flexibility index (Phi) is 8.13. The number of likely N-dealkylation sites (N-methyl/N-ethyl adjacent to an activating group) is 1. The summed E-state index contributed by atoms with van der Waals surface area (Å²) < 4.78 is 29.0. The van der Waals surface area contributed by atoms with E-state index in [9.17, 15) is 13.2 Å². The normalized spacial score (nSPS) is 11.8. The lowest BCUT2D eigenvalue weighted by Crippen LogP contribution is -2.42. The second-order valence-electron chi connectivity index (χ2n) is 4.26. The number of unbranched alkanes of at least 4 members (excludes halogenated alkanes) is 1. The topological polar surface area (TPSA) is 66.9 Å². The minimum absolute atomic E-state index is 0.123. The minimum atomic E-state index is -3.38. The van der Waals surface area contributed by atoms with Gasteiger partial charge in [0, 0.05) is 27.2 Å². The van der Waals surface area contributed by atoms with Gasteiger partial charge < -0.3 is 9.64 Å². The van der Waals surface area contributed by atoms with Crippen LogP contribution in [0.4, 0.5) is 0 Å². The summed E-state index contributed by atoms with van der Waals surface area (Å²) in [5, 5.41) is 0. The van der Waals surface area contributed by atoms with Crippen LogP contribution in [0.3, 0.4) is 0 Å². The van der Waals surface area contributed by atoms with E-state index in [2.05, 4.69) is 0 Å². The third kappa shape index (κ3) is 6.93. The molecule has 0 saturated carbocycles. The van der Waals surface area contributed by atoms with Crippen molar-refractivity contribution in [3.05, 3.63) is 0 Å². The highest BCUT2D eigenvalue weighted by Gasteiger charge is 2.21. The van der Waals surface area contributed by atoms with Crippen LogP contribution in [-0.2, 0) is 19.6 Å². The lowest BCUT2D eigenvalue weighted by Gasteiger charge is -2.23. The van der Waals surface area contributed by atoms with Crippen molar-refractivity contribution in [3.63, 3.8) is 0 Å². The Hall–Kier alpha value is -0.660. The number of ether oxygens (including phenoxy) is 1. The van der Waals surface area contributed by atoms with Gasteiger partial charge in [0.1, 0.15) is 0 Å². The standard InChI is InChI=1S/C11H24N2O4S/c1-5-6-7-12(2)11(14)10-13(8-9-17-3)18(4,15)16/h5-10H2,1-4H3. The van der Waals surface area contributed by atoms with Crippen LogP contribution in [0.2, 0.25) is 0 Å². The number of amides is 1. The third-order valence-corrected chi connectivity index (χ3v) is 3.85. The van der Waals surface area contributed by atoms with Gasteiger partial charge in [-0.1, -0.05) is 13.3 Å². The molecule has 0 fully saturated rings. The lowest BCUT2D eigenvalue weighted by atomic mass is 10.3. The first-order chi connectivity index (χ1) is 8.32. The van der Waals surface area contributed by atoms with E-state index in [1.165, 1.54) is 7.11 Å². The van der Waals surface area contributed by atoms with E-state index in [4.69, 9.17) is 4.74 Å². The molecule has 0 unspecified atom stereocenters.